The van der Waals surface area contributed by atoms with Crippen LogP contribution < -0.4 is 24.4 Å². The van der Waals surface area contributed by atoms with Crippen LogP contribution in [0, 0.1) is 3.57 Å². The van der Waals surface area contributed by atoms with E-state index in [-0.39, 0.29) is 5.91 Å². The lowest BCUT2D eigenvalue weighted by Crippen LogP contribution is -2.17. The van der Waals surface area contributed by atoms with Crippen LogP contribution in [0.15, 0.2) is 72.4 Å². The van der Waals surface area contributed by atoms with Gasteiger partial charge in [0.15, 0.2) is 23.0 Å². The van der Waals surface area contributed by atoms with Crippen molar-refractivity contribution in [1.29, 1.82) is 0 Å². The minimum absolute atomic E-state index is 0.336. The van der Waals surface area contributed by atoms with Gasteiger partial charge in [-0.25, -0.2) is 5.43 Å². The lowest BCUT2D eigenvalue weighted by atomic mass is 10.2. The van der Waals surface area contributed by atoms with Crippen LogP contribution in [0.3, 0.4) is 0 Å². The topological polar surface area (TPSA) is 78.4 Å². The maximum atomic E-state index is 12.6. The highest BCUT2D eigenvalue weighted by Crippen LogP contribution is 2.34. The maximum absolute atomic E-state index is 12.6. The van der Waals surface area contributed by atoms with Crippen LogP contribution in [-0.4, -0.2) is 32.4 Å². The van der Waals surface area contributed by atoms with Crippen molar-refractivity contribution in [3.05, 3.63) is 92.5 Å². The Morgan fingerprint density at radius 2 is 1.83 bits per heavy atom. The summed E-state index contributed by atoms with van der Waals surface area (Å²) in [7, 11) is 1.57. The summed E-state index contributed by atoms with van der Waals surface area (Å²) in [5.41, 5.74) is 4.64. The zero-order valence-corrected chi connectivity index (χ0v) is 22.8. The van der Waals surface area contributed by atoms with Crippen molar-refractivity contribution in [3.63, 3.8) is 0 Å². The number of nitrogens with one attached hydrogen (secondary N) is 1. The Morgan fingerprint density at radius 1 is 1.06 bits per heavy atom. The molecule has 0 radical (unpaired) electrons. The standard InChI is InChI=1S/C27H26ClIN2O5/c1-4-12-35-23-11-8-20(15-24(23)34-5-2)27(32)31-30-16-19-13-22(29)26(25(14-19)33-3)36-17-18-6-9-21(28)10-7-18/h4,6-11,13-16H,1,5,12,17H2,2-3H3,(H,31,32)/b30-16+. The predicted octanol–water partition coefficient (Wildman–Crippen LogP) is 6.26. The molecule has 1 amide bonds. The van der Waals surface area contributed by atoms with E-state index < -0.39 is 0 Å². The molecule has 0 fully saturated rings. The summed E-state index contributed by atoms with van der Waals surface area (Å²) in [5.74, 6) is 1.81. The molecule has 1 N–H and O–H groups in total. The SMILES string of the molecule is C=CCOc1ccc(C(=O)N/N=C/c2cc(I)c(OCc3ccc(Cl)cc3)c(OC)c2)cc1OCC. The van der Waals surface area contributed by atoms with Crippen LogP contribution in [0.5, 0.6) is 23.0 Å². The highest BCUT2D eigenvalue weighted by atomic mass is 127. The summed E-state index contributed by atoms with van der Waals surface area (Å²) >= 11 is 8.12. The molecule has 0 aliphatic carbocycles. The van der Waals surface area contributed by atoms with Gasteiger partial charge in [-0.3, -0.25) is 4.79 Å². The van der Waals surface area contributed by atoms with Gasteiger partial charge in [0.05, 0.1) is 23.5 Å². The summed E-state index contributed by atoms with van der Waals surface area (Å²) in [5, 5.41) is 4.76. The Hall–Kier alpha value is -3.24. The molecule has 9 heteroatoms. The summed E-state index contributed by atoms with van der Waals surface area (Å²) in [6.07, 6.45) is 3.18. The molecule has 0 aliphatic heterocycles. The maximum Gasteiger partial charge on any atom is 0.271 e. The molecule has 0 unspecified atom stereocenters. The fourth-order valence-electron chi connectivity index (χ4n) is 3.11. The number of halogens is 2. The Bertz CT molecular complexity index is 1230. The first-order valence-electron chi connectivity index (χ1n) is 11.0. The van der Waals surface area contributed by atoms with E-state index in [0.717, 1.165) is 14.7 Å². The average molecular weight is 621 g/mol. The second-order valence-corrected chi connectivity index (χ2v) is 8.94. The van der Waals surface area contributed by atoms with Crippen molar-refractivity contribution in [2.45, 2.75) is 13.5 Å². The van der Waals surface area contributed by atoms with Crippen LogP contribution in [0.4, 0.5) is 0 Å². The minimum atomic E-state index is -0.382. The Kier molecular flexibility index (Phi) is 10.4. The van der Waals surface area contributed by atoms with Crippen LogP contribution in [0.25, 0.3) is 0 Å². The zero-order valence-electron chi connectivity index (χ0n) is 19.9. The van der Waals surface area contributed by atoms with E-state index in [4.69, 9.17) is 30.5 Å². The highest BCUT2D eigenvalue weighted by Gasteiger charge is 2.13. The van der Waals surface area contributed by atoms with E-state index >= 15 is 0 Å². The Morgan fingerprint density at radius 3 is 2.53 bits per heavy atom. The van der Waals surface area contributed by atoms with Crippen LogP contribution >= 0.6 is 34.2 Å². The number of benzene rings is 3. The third-order valence-electron chi connectivity index (χ3n) is 4.79. The lowest BCUT2D eigenvalue weighted by Gasteiger charge is -2.13. The quantitative estimate of drug-likeness (QED) is 0.112. The van der Waals surface area contributed by atoms with Gasteiger partial charge in [0.2, 0.25) is 0 Å². The van der Waals surface area contributed by atoms with Crippen LogP contribution in [-0.2, 0) is 6.61 Å². The Labute approximate surface area is 229 Å². The molecule has 36 heavy (non-hydrogen) atoms. The highest BCUT2D eigenvalue weighted by molar-refractivity contribution is 14.1. The first-order valence-corrected chi connectivity index (χ1v) is 12.5. The second-order valence-electron chi connectivity index (χ2n) is 7.34. The number of hydrogen-bond acceptors (Lipinski definition) is 6. The van der Waals surface area contributed by atoms with Crippen LogP contribution in [0.1, 0.15) is 28.4 Å². The number of hydrazone groups is 1. The monoisotopic (exact) mass is 620 g/mol. The van der Waals surface area contributed by atoms with Crippen molar-refractivity contribution in [2.75, 3.05) is 20.3 Å². The van der Waals surface area contributed by atoms with E-state index in [2.05, 4.69) is 39.7 Å². The van der Waals surface area contributed by atoms with Crippen molar-refractivity contribution in [1.82, 2.24) is 5.43 Å². The first-order chi connectivity index (χ1) is 17.4. The molecule has 3 aromatic rings. The number of methoxy groups -OCH3 is 1. The number of carbonyl (C=O) groups excluding carboxylic acids is 1. The summed E-state index contributed by atoms with van der Waals surface area (Å²) in [4.78, 5) is 12.6. The molecular weight excluding hydrogens is 595 g/mol. The largest absolute Gasteiger partial charge is 0.493 e. The molecule has 0 heterocycles. The molecule has 188 valence electrons. The average Bonchev–Trinajstić information content (AvgIpc) is 2.88. The van der Waals surface area contributed by atoms with Crippen LogP contribution in [0.2, 0.25) is 5.02 Å². The minimum Gasteiger partial charge on any atom is -0.493 e. The van der Waals surface area contributed by atoms with Gasteiger partial charge in [-0.1, -0.05) is 36.4 Å². The van der Waals surface area contributed by atoms with Crippen molar-refractivity contribution >= 4 is 46.3 Å². The van der Waals surface area contributed by atoms with E-state index in [0.29, 0.717) is 53.4 Å². The zero-order chi connectivity index (χ0) is 25.9. The van der Waals surface area contributed by atoms with E-state index in [1.54, 1.807) is 37.5 Å². The fraction of sp³-hybridized carbons (Fsp3) is 0.185. The molecular formula is C27H26ClIN2O5. The van der Waals surface area contributed by atoms with Gasteiger partial charge in [-0.15, -0.1) is 0 Å². The van der Waals surface area contributed by atoms with E-state index in [1.165, 1.54) is 6.21 Å². The molecule has 0 atom stereocenters. The summed E-state index contributed by atoms with van der Waals surface area (Å²) in [6.45, 7) is 6.64. The van der Waals surface area contributed by atoms with Gasteiger partial charge in [0, 0.05) is 10.6 Å². The number of rotatable bonds is 12. The first kappa shape index (κ1) is 27.3. The number of carbonyl (C=O) groups is 1. The van der Waals surface area contributed by atoms with E-state index in [1.807, 2.05) is 37.3 Å². The van der Waals surface area contributed by atoms with Gasteiger partial charge >= 0.3 is 0 Å². The van der Waals surface area contributed by atoms with Gasteiger partial charge < -0.3 is 18.9 Å². The number of hydrogen-bond donors (Lipinski definition) is 1. The molecule has 0 saturated carbocycles. The molecule has 0 aliphatic rings. The molecule has 0 saturated heterocycles. The second kappa shape index (κ2) is 13.7. The van der Waals surface area contributed by atoms with Gasteiger partial charge in [0.25, 0.3) is 5.91 Å². The van der Waals surface area contributed by atoms with E-state index in [9.17, 15) is 4.79 Å². The molecule has 0 aromatic heterocycles. The Balaban J connectivity index is 1.68. The number of nitrogens with zero attached hydrogens (tertiary/aromatic N) is 1. The normalized spacial score (nSPS) is 10.7. The van der Waals surface area contributed by atoms with Gasteiger partial charge in [-0.2, -0.15) is 5.10 Å². The van der Waals surface area contributed by atoms with Gasteiger partial charge in [0.1, 0.15) is 13.2 Å². The molecule has 7 nitrogen and oxygen atoms in total. The smallest absolute Gasteiger partial charge is 0.271 e. The van der Waals surface area contributed by atoms with Gasteiger partial charge in [-0.05, 0) is 83.1 Å². The van der Waals surface area contributed by atoms with Crippen molar-refractivity contribution in [3.8, 4) is 23.0 Å². The fourth-order valence-corrected chi connectivity index (χ4v) is 4.01. The third kappa shape index (κ3) is 7.63. The van der Waals surface area contributed by atoms with Crippen molar-refractivity contribution < 1.29 is 23.7 Å². The molecule has 0 bridgehead atoms. The molecule has 0 spiro atoms. The molecule has 3 aromatic carbocycles. The third-order valence-corrected chi connectivity index (χ3v) is 5.84. The summed E-state index contributed by atoms with van der Waals surface area (Å²) in [6, 6.07) is 16.1. The summed E-state index contributed by atoms with van der Waals surface area (Å²) < 4.78 is 23.5. The number of amides is 1. The predicted molar refractivity (Wildman–Crippen MR) is 150 cm³/mol. The number of ether oxygens (including phenoxy) is 4. The lowest BCUT2D eigenvalue weighted by molar-refractivity contribution is 0.0954. The van der Waals surface area contributed by atoms with Crippen molar-refractivity contribution in [2.24, 2.45) is 5.10 Å². The molecule has 3 rings (SSSR count).